The number of alkyl halides is 1. The molecule has 5 heteroatoms. The number of ether oxygens (including phenoxy) is 1. The minimum Gasteiger partial charge on any atom is -0.373 e. The third-order valence-electron chi connectivity index (χ3n) is 3.76. The van der Waals surface area contributed by atoms with E-state index < -0.39 is 0 Å². The molecule has 0 atom stereocenters. The Bertz CT molecular complexity index is 610. The summed E-state index contributed by atoms with van der Waals surface area (Å²) >= 11 is 7.30. The van der Waals surface area contributed by atoms with Crippen LogP contribution in [0.3, 0.4) is 0 Å². The molecule has 0 amide bonds. The van der Waals surface area contributed by atoms with Gasteiger partial charge in [0.15, 0.2) is 0 Å². The highest BCUT2D eigenvalue weighted by Crippen LogP contribution is 2.28. The number of rotatable bonds is 5. The number of hydrogen-bond acceptors (Lipinski definition) is 3. The van der Waals surface area contributed by atoms with Gasteiger partial charge >= 0.3 is 0 Å². The van der Waals surface area contributed by atoms with E-state index in [1.54, 1.807) is 6.07 Å². The van der Waals surface area contributed by atoms with Crippen molar-refractivity contribution in [1.82, 2.24) is 4.98 Å². The van der Waals surface area contributed by atoms with Crippen LogP contribution in [-0.4, -0.2) is 11.1 Å². The van der Waals surface area contributed by atoms with Crippen molar-refractivity contribution in [2.24, 2.45) is 0 Å². The Morgan fingerprint density at radius 1 is 1.33 bits per heavy atom. The SMILES string of the molecule is Fc1ccc(-c2nc(CCl)cs2)cc1COC1CCCC1. The van der Waals surface area contributed by atoms with E-state index in [1.807, 2.05) is 11.4 Å². The summed E-state index contributed by atoms with van der Waals surface area (Å²) in [6.45, 7) is 0.331. The Morgan fingerprint density at radius 3 is 2.86 bits per heavy atom. The molecule has 0 radical (unpaired) electrons. The molecular formula is C16H17ClFNOS. The first-order valence-corrected chi connectivity index (χ1v) is 8.58. The van der Waals surface area contributed by atoms with E-state index in [4.69, 9.17) is 16.3 Å². The molecule has 0 saturated heterocycles. The van der Waals surface area contributed by atoms with Gasteiger partial charge in [-0.05, 0) is 31.0 Å². The Labute approximate surface area is 132 Å². The minimum absolute atomic E-state index is 0.217. The van der Waals surface area contributed by atoms with Crippen molar-refractivity contribution in [3.8, 4) is 10.6 Å². The zero-order valence-electron chi connectivity index (χ0n) is 11.6. The summed E-state index contributed by atoms with van der Waals surface area (Å²) in [6.07, 6.45) is 4.90. The second-order valence-electron chi connectivity index (χ2n) is 5.30. The molecule has 0 aliphatic heterocycles. The first kappa shape index (κ1) is 14.9. The molecule has 1 aromatic heterocycles. The van der Waals surface area contributed by atoms with Crippen LogP contribution < -0.4 is 0 Å². The second-order valence-corrected chi connectivity index (χ2v) is 6.43. The van der Waals surface area contributed by atoms with E-state index in [9.17, 15) is 4.39 Å². The molecule has 1 aromatic carbocycles. The maximum atomic E-state index is 13.9. The van der Waals surface area contributed by atoms with Crippen LogP contribution in [0.25, 0.3) is 10.6 Å². The third kappa shape index (κ3) is 3.62. The average molecular weight is 326 g/mol. The molecule has 2 aromatic rings. The molecule has 1 heterocycles. The number of aromatic nitrogens is 1. The van der Waals surface area contributed by atoms with Crippen LogP contribution >= 0.6 is 22.9 Å². The van der Waals surface area contributed by atoms with E-state index in [1.165, 1.54) is 30.2 Å². The fourth-order valence-corrected chi connectivity index (χ4v) is 3.63. The fraction of sp³-hybridized carbons (Fsp3) is 0.438. The summed E-state index contributed by atoms with van der Waals surface area (Å²) in [5, 5.41) is 2.80. The standard InChI is InChI=1S/C16H17ClFNOS/c17-8-13-10-21-16(19-13)11-5-6-15(18)12(7-11)9-20-14-3-1-2-4-14/h5-7,10,14H,1-4,8-9H2. The summed E-state index contributed by atoms with van der Waals surface area (Å²) in [5.41, 5.74) is 2.37. The fourth-order valence-electron chi connectivity index (χ4n) is 2.58. The Morgan fingerprint density at radius 2 is 2.14 bits per heavy atom. The minimum atomic E-state index is -0.217. The van der Waals surface area contributed by atoms with Gasteiger partial charge in [0.05, 0.1) is 24.3 Å². The van der Waals surface area contributed by atoms with E-state index >= 15 is 0 Å². The van der Waals surface area contributed by atoms with Crippen molar-refractivity contribution in [3.05, 3.63) is 40.7 Å². The van der Waals surface area contributed by atoms with Gasteiger partial charge in [0, 0.05) is 16.5 Å². The van der Waals surface area contributed by atoms with Crippen LogP contribution in [0.15, 0.2) is 23.6 Å². The van der Waals surface area contributed by atoms with Crippen molar-refractivity contribution < 1.29 is 9.13 Å². The van der Waals surface area contributed by atoms with E-state index in [0.29, 0.717) is 18.1 Å². The molecule has 0 N–H and O–H groups in total. The molecule has 1 aliphatic carbocycles. The maximum absolute atomic E-state index is 13.9. The summed E-state index contributed by atoms with van der Waals surface area (Å²) in [7, 11) is 0. The summed E-state index contributed by atoms with van der Waals surface area (Å²) < 4.78 is 19.7. The van der Waals surface area contributed by atoms with Gasteiger partial charge in [0.2, 0.25) is 0 Å². The van der Waals surface area contributed by atoms with E-state index in [0.717, 1.165) is 29.1 Å². The van der Waals surface area contributed by atoms with Crippen molar-refractivity contribution >= 4 is 22.9 Å². The van der Waals surface area contributed by atoms with Crippen LogP contribution in [0.5, 0.6) is 0 Å². The van der Waals surface area contributed by atoms with Gasteiger partial charge in [-0.2, -0.15) is 0 Å². The Hall–Kier alpha value is -0.970. The second kappa shape index (κ2) is 6.86. The van der Waals surface area contributed by atoms with Gasteiger partial charge in [-0.3, -0.25) is 0 Å². The molecule has 0 unspecified atom stereocenters. The van der Waals surface area contributed by atoms with Crippen LogP contribution in [0, 0.1) is 5.82 Å². The molecule has 3 rings (SSSR count). The zero-order valence-corrected chi connectivity index (χ0v) is 13.2. The number of thiazole rings is 1. The van der Waals surface area contributed by atoms with Crippen molar-refractivity contribution in [2.45, 2.75) is 44.3 Å². The van der Waals surface area contributed by atoms with Gasteiger partial charge in [0.1, 0.15) is 10.8 Å². The molecule has 0 spiro atoms. The predicted octanol–water partition coefficient (Wildman–Crippen LogP) is 5.15. The molecule has 1 saturated carbocycles. The normalized spacial score (nSPS) is 15.7. The van der Waals surface area contributed by atoms with Gasteiger partial charge in [-0.15, -0.1) is 22.9 Å². The number of benzene rings is 1. The molecule has 2 nitrogen and oxygen atoms in total. The largest absolute Gasteiger partial charge is 0.373 e. The van der Waals surface area contributed by atoms with Crippen LogP contribution in [0.2, 0.25) is 0 Å². The first-order valence-electron chi connectivity index (χ1n) is 7.17. The topological polar surface area (TPSA) is 22.1 Å². The molecule has 1 aliphatic rings. The van der Waals surface area contributed by atoms with Gasteiger partial charge < -0.3 is 4.74 Å². The van der Waals surface area contributed by atoms with E-state index in [2.05, 4.69) is 4.98 Å². The Kier molecular flexibility index (Phi) is 4.88. The average Bonchev–Trinajstić information content (AvgIpc) is 3.17. The number of hydrogen-bond donors (Lipinski definition) is 0. The molecule has 112 valence electrons. The highest BCUT2D eigenvalue weighted by molar-refractivity contribution is 7.13. The summed E-state index contributed by atoms with van der Waals surface area (Å²) in [5.74, 6) is 0.181. The lowest BCUT2D eigenvalue weighted by Gasteiger charge is -2.12. The molecule has 0 bridgehead atoms. The lowest BCUT2D eigenvalue weighted by atomic mass is 10.1. The van der Waals surface area contributed by atoms with Crippen LogP contribution in [0.1, 0.15) is 36.9 Å². The van der Waals surface area contributed by atoms with Gasteiger partial charge in [-0.25, -0.2) is 9.37 Å². The van der Waals surface area contributed by atoms with Crippen LogP contribution in [0.4, 0.5) is 4.39 Å². The van der Waals surface area contributed by atoms with Crippen molar-refractivity contribution in [2.75, 3.05) is 0 Å². The van der Waals surface area contributed by atoms with E-state index in [-0.39, 0.29) is 11.9 Å². The highest BCUT2D eigenvalue weighted by atomic mass is 35.5. The molecule has 21 heavy (non-hydrogen) atoms. The van der Waals surface area contributed by atoms with Gasteiger partial charge in [0.25, 0.3) is 0 Å². The Balaban J connectivity index is 1.75. The summed E-state index contributed by atoms with van der Waals surface area (Å²) in [6, 6.07) is 5.08. The van der Waals surface area contributed by atoms with Crippen molar-refractivity contribution in [1.29, 1.82) is 0 Å². The lowest BCUT2D eigenvalue weighted by molar-refractivity contribution is 0.0441. The predicted molar refractivity (Wildman–Crippen MR) is 84.1 cm³/mol. The monoisotopic (exact) mass is 325 g/mol. The third-order valence-corrected chi connectivity index (χ3v) is 4.97. The number of nitrogens with zero attached hydrogens (tertiary/aromatic N) is 1. The van der Waals surface area contributed by atoms with Crippen LogP contribution in [-0.2, 0) is 17.2 Å². The number of halogens is 2. The van der Waals surface area contributed by atoms with Crippen molar-refractivity contribution in [3.63, 3.8) is 0 Å². The highest BCUT2D eigenvalue weighted by Gasteiger charge is 2.16. The smallest absolute Gasteiger partial charge is 0.128 e. The maximum Gasteiger partial charge on any atom is 0.128 e. The zero-order chi connectivity index (χ0) is 14.7. The molecular weight excluding hydrogens is 309 g/mol. The lowest BCUT2D eigenvalue weighted by Crippen LogP contribution is -2.08. The quantitative estimate of drug-likeness (QED) is 0.709. The first-order chi connectivity index (χ1) is 10.3. The van der Waals surface area contributed by atoms with Gasteiger partial charge in [-0.1, -0.05) is 12.8 Å². The summed E-state index contributed by atoms with van der Waals surface area (Å²) in [4.78, 5) is 4.43. The molecule has 1 fully saturated rings.